The SMILES string of the molecule is COc1ccc(CCCN(C)Cc2ccc(Br)s2)cc1. The molecule has 0 fully saturated rings. The minimum absolute atomic E-state index is 0.925. The number of rotatable bonds is 7. The fourth-order valence-electron chi connectivity index (χ4n) is 2.13. The maximum atomic E-state index is 5.17. The van der Waals surface area contributed by atoms with Crippen molar-refractivity contribution in [1.82, 2.24) is 4.90 Å². The van der Waals surface area contributed by atoms with E-state index in [1.54, 1.807) is 7.11 Å². The molecule has 0 saturated carbocycles. The van der Waals surface area contributed by atoms with Crippen LogP contribution in [0.15, 0.2) is 40.2 Å². The van der Waals surface area contributed by atoms with Gasteiger partial charge in [0.25, 0.3) is 0 Å². The van der Waals surface area contributed by atoms with Gasteiger partial charge in [-0.05, 0) is 72.2 Å². The molecule has 0 bridgehead atoms. The Kier molecular flexibility index (Phi) is 6.07. The molecular weight excluding hydrogens is 334 g/mol. The average molecular weight is 354 g/mol. The summed E-state index contributed by atoms with van der Waals surface area (Å²) in [7, 11) is 3.88. The molecule has 0 amide bonds. The number of methoxy groups -OCH3 is 1. The van der Waals surface area contributed by atoms with Crippen LogP contribution in [0.2, 0.25) is 0 Å². The molecule has 0 aliphatic rings. The van der Waals surface area contributed by atoms with Crippen LogP contribution >= 0.6 is 27.3 Å². The van der Waals surface area contributed by atoms with Crippen LogP contribution in [-0.2, 0) is 13.0 Å². The molecule has 0 N–H and O–H groups in total. The van der Waals surface area contributed by atoms with Crippen molar-refractivity contribution < 1.29 is 4.74 Å². The number of hydrogen-bond acceptors (Lipinski definition) is 3. The monoisotopic (exact) mass is 353 g/mol. The fourth-order valence-corrected chi connectivity index (χ4v) is 3.69. The maximum Gasteiger partial charge on any atom is 0.118 e. The van der Waals surface area contributed by atoms with Crippen LogP contribution in [-0.4, -0.2) is 25.6 Å². The molecule has 0 aliphatic heterocycles. The van der Waals surface area contributed by atoms with Crippen molar-refractivity contribution in [2.45, 2.75) is 19.4 Å². The Hall–Kier alpha value is -0.840. The van der Waals surface area contributed by atoms with Gasteiger partial charge in [-0.3, -0.25) is 0 Å². The van der Waals surface area contributed by atoms with Crippen LogP contribution < -0.4 is 4.74 Å². The van der Waals surface area contributed by atoms with Crippen LogP contribution in [0.5, 0.6) is 5.75 Å². The van der Waals surface area contributed by atoms with E-state index >= 15 is 0 Å². The molecule has 108 valence electrons. The molecule has 2 nitrogen and oxygen atoms in total. The zero-order valence-electron chi connectivity index (χ0n) is 11.9. The summed E-state index contributed by atoms with van der Waals surface area (Å²) in [5, 5.41) is 0. The van der Waals surface area contributed by atoms with Crippen LogP contribution in [0.1, 0.15) is 16.9 Å². The highest BCUT2D eigenvalue weighted by molar-refractivity contribution is 9.11. The van der Waals surface area contributed by atoms with E-state index in [2.05, 4.69) is 52.1 Å². The predicted octanol–water partition coefficient (Wildman–Crippen LogP) is 4.58. The lowest BCUT2D eigenvalue weighted by molar-refractivity contribution is 0.325. The smallest absolute Gasteiger partial charge is 0.118 e. The lowest BCUT2D eigenvalue weighted by Gasteiger charge is -2.15. The highest BCUT2D eigenvalue weighted by Crippen LogP contribution is 2.23. The van der Waals surface area contributed by atoms with Gasteiger partial charge in [-0.15, -0.1) is 11.3 Å². The highest BCUT2D eigenvalue weighted by atomic mass is 79.9. The fraction of sp³-hybridized carbons (Fsp3) is 0.375. The van der Waals surface area contributed by atoms with E-state index in [-0.39, 0.29) is 0 Å². The van der Waals surface area contributed by atoms with Gasteiger partial charge in [0, 0.05) is 11.4 Å². The molecular formula is C16H20BrNOS. The van der Waals surface area contributed by atoms with Gasteiger partial charge < -0.3 is 9.64 Å². The molecule has 0 radical (unpaired) electrons. The number of aryl methyl sites for hydroxylation is 1. The Morgan fingerprint density at radius 2 is 1.90 bits per heavy atom. The molecule has 0 unspecified atom stereocenters. The van der Waals surface area contributed by atoms with E-state index in [1.165, 1.54) is 20.6 Å². The van der Waals surface area contributed by atoms with Crippen LogP contribution in [0.3, 0.4) is 0 Å². The van der Waals surface area contributed by atoms with Gasteiger partial charge in [-0.1, -0.05) is 12.1 Å². The number of ether oxygens (including phenoxy) is 1. The van der Waals surface area contributed by atoms with Gasteiger partial charge in [0.05, 0.1) is 10.9 Å². The van der Waals surface area contributed by atoms with Crippen molar-refractivity contribution in [2.75, 3.05) is 20.7 Å². The molecule has 0 saturated heterocycles. The molecule has 1 aromatic heterocycles. The van der Waals surface area contributed by atoms with Gasteiger partial charge in [0.2, 0.25) is 0 Å². The lowest BCUT2D eigenvalue weighted by Crippen LogP contribution is -2.18. The summed E-state index contributed by atoms with van der Waals surface area (Å²) in [5.74, 6) is 0.925. The summed E-state index contributed by atoms with van der Waals surface area (Å²) in [5.41, 5.74) is 1.37. The summed E-state index contributed by atoms with van der Waals surface area (Å²) in [6.45, 7) is 2.14. The summed E-state index contributed by atoms with van der Waals surface area (Å²) in [4.78, 5) is 3.78. The van der Waals surface area contributed by atoms with Crippen molar-refractivity contribution in [1.29, 1.82) is 0 Å². The molecule has 2 rings (SSSR count). The first-order valence-corrected chi connectivity index (χ1v) is 8.34. The van der Waals surface area contributed by atoms with Crippen molar-refractivity contribution in [3.63, 3.8) is 0 Å². The van der Waals surface area contributed by atoms with E-state index in [1.807, 2.05) is 23.5 Å². The number of benzene rings is 1. The molecule has 20 heavy (non-hydrogen) atoms. The lowest BCUT2D eigenvalue weighted by atomic mass is 10.1. The first-order valence-electron chi connectivity index (χ1n) is 6.73. The maximum absolute atomic E-state index is 5.17. The molecule has 2 aromatic rings. The van der Waals surface area contributed by atoms with E-state index in [4.69, 9.17) is 4.74 Å². The minimum atomic E-state index is 0.925. The second-order valence-electron chi connectivity index (χ2n) is 4.90. The molecule has 1 aromatic carbocycles. The zero-order chi connectivity index (χ0) is 14.4. The van der Waals surface area contributed by atoms with E-state index in [0.717, 1.165) is 25.3 Å². The van der Waals surface area contributed by atoms with Crippen molar-refractivity contribution in [3.8, 4) is 5.75 Å². The predicted molar refractivity (Wildman–Crippen MR) is 89.7 cm³/mol. The molecule has 0 spiro atoms. The van der Waals surface area contributed by atoms with E-state index < -0.39 is 0 Å². The van der Waals surface area contributed by atoms with Gasteiger partial charge in [-0.25, -0.2) is 0 Å². The largest absolute Gasteiger partial charge is 0.497 e. The number of hydrogen-bond donors (Lipinski definition) is 0. The van der Waals surface area contributed by atoms with Crippen LogP contribution in [0.25, 0.3) is 0 Å². The van der Waals surface area contributed by atoms with Crippen molar-refractivity contribution in [3.05, 3.63) is 50.6 Å². The number of thiophene rings is 1. The first kappa shape index (κ1) is 15.5. The third kappa shape index (κ3) is 4.93. The Morgan fingerprint density at radius 1 is 1.15 bits per heavy atom. The third-order valence-corrected chi connectivity index (χ3v) is 4.83. The van der Waals surface area contributed by atoms with E-state index in [0.29, 0.717) is 0 Å². The van der Waals surface area contributed by atoms with Gasteiger partial charge in [0.1, 0.15) is 5.75 Å². The molecule has 4 heteroatoms. The van der Waals surface area contributed by atoms with Gasteiger partial charge >= 0.3 is 0 Å². The first-order chi connectivity index (χ1) is 9.67. The molecule has 1 heterocycles. The number of nitrogens with zero attached hydrogens (tertiary/aromatic N) is 1. The summed E-state index contributed by atoms with van der Waals surface area (Å²) < 4.78 is 6.38. The highest BCUT2D eigenvalue weighted by Gasteiger charge is 2.03. The second kappa shape index (κ2) is 7.81. The quantitative estimate of drug-likeness (QED) is 0.721. The Balaban J connectivity index is 1.71. The van der Waals surface area contributed by atoms with Crippen LogP contribution in [0.4, 0.5) is 0 Å². The third-order valence-electron chi connectivity index (χ3n) is 3.22. The van der Waals surface area contributed by atoms with Crippen LogP contribution in [0, 0.1) is 0 Å². The Bertz CT molecular complexity index is 524. The molecule has 0 atom stereocenters. The normalized spacial score (nSPS) is 11.0. The van der Waals surface area contributed by atoms with Crippen molar-refractivity contribution in [2.24, 2.45) is 0 Å². The minimum Gasteiger partial charge on any atom is -0.497 e. The number of halogens is 1. The van der Waals surface area contributed by atoms with E-state index in [9.17, 15) is 0 Å². The topological polar surface area (TPSA) is 12.5 Å². The average Bonchev–Trinajstić information content (AvgIpc) is 2.85. The zero-order valence-corrected chi connectivity index (χ0v) is 14.3. The second-order valence-corrected chi connectivity index (χ2v) is 7.44. The summed E-state index contributed by atoms with van der Waals surface area (Å²) in [6.07, 6.45) is 2.29. The van der Waals surface area contributed by atoms with Crippen molar-refractivity contribution >= 4 is 27.3 Å². The standard InChI is InChI=1S/C16H20BrNOS/c1-18(12-15-9-10-16(17)20-15)11-3-4-13-5-7-14(19-2)8-6-13/h5-10H,3-4,11-12H2,1-2H3. The summed E-state index contributed by atoms with van der Waals surface area (Å²) >= 11 is 5.32. The van der Waals surface area contributed by atoms with Gasteiger partial charge in [-0.2, -0.15) is 0 Å². The summed E-state index contributed by atoms with van der Waals surface area (Å²) in [6, 6.07) is 12.7. The Labute approximate surface area is 133 Å². The Morgan fingerprint density at radius 3 is 2.50 bits per heavy atom. The molecule has 0 aliphatic carbocycles. The van der Waals surface area contributed by atoms with Gasteiger partial charge in [0.15, 0.2) is 0 Å².